The molecule has 1 amide bonds. The number of amides is 1. The van der Waals surface area contributed by atoms with Crippen LogP contribution in [0.15, 0.2) is 36.7 Å². The molecule has 0 spiro atoms. The minimum absolute atomic E-state index is 0.108. The first kappa shape index (κ1) is 20.8. The Labute approximate surface area is 187 Å². The molecule has 0 radical (unpaired) electrons. The van der Waals surface area contributed by atoms with Crippen LogP contribution in [-0.4, -0.2) is 70.1 Å². The zero-order chi connectivity index (χ0) is 22.1. The van der Waals surface area contributed by atoms with Crippen LogP contribution in [0.2, 0.25) is 0 Å². The van der Waals surface area contributed by atoms with Gasteiger partial charge in [-0.1, -0.05) is 24.3 Å². The Balaban J connectivity index is 1.43. The maximum atomic E-state index is 13.1. The van der Waals surface area contributed by atoms with E-state index in [1.807, 2.05) is 19.2 Å². The van der Waals surface area contributed by atoms with Crippen molar-refractivity contribution in [3.8, 4) is 17.2 Å². The summed E-state index contributed by atoms with van der Waals surface area (Å²) in [6.45, 7) is 4.00. The molecule has 1 aliphatic heterocycles. The first-order chi connectivity index (χ1) is 15.6. The van der Waals surface area contributed by atoms with Gasteiger partial charge in [0.1, 0.15) is 0 Å². The first-order valence-electron chi connectivity index (χ1n) is 11.1. The molecular weight excluding hydrogens is 406 g/mol. The van der Waals surface area contributed by atoms with Crippen LogP contribution in [0, 0.1) is 6.92 Å². The fourth-order valence-corrected chi connectivity index (χ4v) is 4.41. The Kier molecular flexibility index (Phi) is 5.71. The molecule has 1 aliphatic carbocycles. The molecule has 3 aromatic rings. The Morgan fingerprint density at radius 3 is 2.88 bits per heavy atom. The van der Waals surface area contributed by atoms with Gasteiger partial charge in [-0.2, -0.15) is 5.10 Å². The molecule has 8 nitrogen and oxygen atoms in total. The molecule has 0 bridgehead atoms. The van der Waals surface area contributed by atoms with Crippen molar-refractivity contribution in [2.24, 2.45) is 0 Å². The van der Waals surface area contributed by atoms with Crippen LogP contribution >= 0.6 is 0 Å². The van der Waals surface area contributed by atoms with Crippen molar-refractivity contribution in [1.82, 2.24) is 24.6 Å². The number of carbonyl (C=O) groups is 1. The molecule has 1 saturated heterocycles. The molecular formula is C24H27N5O3. The lowest BCUT2D eigenvalue weighted by molar-refractivity contribution is -0.0933. The summed E-state index contributed by atoms with van der Waals surface area (Å²) >= 11 is 0. The van der Waals surface area contributed by atoms with Crippen molar-refractivity contribution in [2.75, 3.05) is 33.4 Å². The zero-order valence-electron chi connectivity index (χ0n) is 18.5. The van der Waals surface area contributed by atoms with Crippen LogP contribution < -0.4 is 0 Å². The average Bonchev–Trinajstić information content (AvgIpc) is 3.10. The summed E-state index contributed by atoms with van der Waals surface area (Å²) < 4.78 is 12.8. The second kappa shape index (κ2) is 8.80. The van der Waals surface area contributed by atoms with Crippen molar-refractivity contribution in [3.63, 3.8) is 0 Å². The summed E-state index contributed by atoms with van der Waals surface area (Å²) in [6, 6.07) is 8.40. The van der Waals surface area contributed by atoms with Crippen LogP contribution in [0.25, 0.3) is 17.2 Å². The lowest BCUT2D eigenvalue weighted by Gasteiger charge is -2.27. The predicted molar refractivity (Wildman–Crippen MR) is 119 cm³/mol. The van der Waals surface area contributed by atoms with E-state index in [9.17, 15) is 4.79 Å². The first-order valence-corrected chi connectivity index (χ1v) is 11.1. The standard InChI is InChI=1S/C24H27N5O3/c1-16-21(23(30)28(2)14-19-15-31-10-11-32-19)13-26-29(16)24-25-12-18-8-5-7-17-6-3-4-9-20(17)22(18)27-24/h3-4,6,9,12-13,19H,5,7-8,10-11,14-15H2,1-2H3. The number of rotatable bonds is 4. The number of nitrogens with zero attached hydrogens (tertiary/aromatic N) is 5. The van der Waals surface area contributed by atoms with Gasteiger partial charge in [0.2, 0.25) is 0 Å². The van der Waals surface area contributed by atoms with E-state index in [4.69, 9.17) is 14.5 Å². The van der Waals surface area contributed by atoms with Gasteiger partial charge in [0.05, 0.1) is 49.1 Å². The van der Waals surface area contributed by atoms with Crippen LogP contribution in [0.3, 0.4) is 0 Å². The fourth-order valence-electron chi connectivity index (χ4n) is 4.41. The van der Waals surface area contributed by atoms with E-state index in [1.165, 1.54) is 5.56 Å². The van der Waals surface area contributed by atoms with Gasteiger partial charge in [0, 0.05) is 25.4 Å². The van der Waals surface area contributed by atoms with Gasteiger partial charge in [-0.05, 0) is 37.3 Å². The molecule has 3 heterocycles. The number of benzene rings is 1. The molecule has 2 aromatic heterocycles. The normalized spacial score (nSPS) is 17.9. The highest BCUT2D eigenvalue weighted by atomic mass is 16.6. The van der Waals surface area contributed by atoms with Gasteiger partial charge in [0.15, 0.2) is 0 Å². The highest BCUT2D eigenvalue weighted by molar-refractivity contribution is 5.95. The van der Waals surface area contributed by atoms with Crippen LogP contribution in [0.1, 0.15) is 33.6 Å². The smallest absolute Gasteiger partial charge is 0.257 e. The quantitative estimate of drug-likeness (QED) is 0.629. The van der Waals surface area contributed by atoms with Crippen LogP contribution in [0.4, 0.5) is 0 Å². The van der Waals surface area contributed by atoms with Crippen molar-refractivity contribution in [2.45, 2.75) is 32.3 Å². The van der Waals surface area contributed by atoms with E-state index in [0.29, 0.717) is 43.6 Å². The third kappa shape index (κ3) is 3.91. The van der Waals surface area contributed by atoms with Crippen molar-refractivity contribution in [3.05, 3.63) is 59.0 Å². The molecule has 166 valence electrons. The fraction of sp³-hybridized carbons (Fsp3) is 0.417. The van der Waals surface area contributed by atoms with Gasteiger partial charge in [-0.3, -0.25) is 4.79 Å². The lowest BCUT2D eigenvalue weighted by Crippen LogP contribution is -2.40. The van der Waals surface area contributed by atoms with E-state index in [0.717, 1.165) is 36.1 Å². The molecule has 0 N–H and O–H groups in total. The number of ether oxygens (including phenoxy) is 2. The Bertz CT molecular complexity index is 1140. The molecule has 1 atom stereocenters. The SMILES string of the molecule is Cc1c(C(=O)N(C)CC2COCCO2)cnn1-c1ncc2c(n1)-c1ccccc1CCC2. The Morgan fingerprint density at radius 1 is 1.19 bits per heavy atom. The lowest BCUT2D eigenvalue weighted by atomic mass is 10.0. The summed E-state index contributed by atoms with van der Waals surface area (Å²) in [5, 5.41) is 4.45. The molecule has 0 saturated carbocycles. The molecule has 5 rings (SSSR count). The molecule has 1 unspecified atom stereocenters. The van der Waals surface area contributed by atoms with Crippen LogP contribution in [0.5, 0.6) is 0 Å². The molecule has 32 heavy (non-hydrogen) atoms. The minimum atomic E-state index is -0.110. The molecule has 8 heteroatoms. The van der Waals surface area contributed by atoms with Crippen molar-refractivity contribution in [1.29, 1.82) is 0 Å². The molecule has 2 aliphatic rings. The van der Waals surface area contributed by atoms with Gasteiger partial charge >= 0.3 is 0 Å². The highest BCUT2D eigenvalue weighted by Crippen LogP contribution is 2.31. The largest absolute Gasteiger partial charge is 0.376 e. The van der Waals surface area contributed by atoms with Gasteiger partial charge in [-0.15, -0.1) is 0 Å². The number of likely N-dealkylation sites (N-methyl/N-ethyl adjacent to an activating group) is 1. The maximum absolute atomic E-state index is 13.1. The summed E-state index contributed by atoms with van der Waals surface area (Å²) in [7, 11) is 1.77. The van der Waals surface area contributed by atoms with E-state index in [-0.39, 0.29) is 12.0 Å². The Morgan fingerprint density at radius 2 is 2.03 bits per heavy atom. The average molecular weight is 434 g/mol. The van der Waals surface area contributed by atoms with Gasteiger partial charge < -0.3 is 14.4 Å². The van der Waals surface area contributed by atoms with Crippen molar-refractivity contribution >= 4 is 5.91 Å². The number of aryl methyl sites for hydroxylation is 2. The summed E-state index contributed by atoms with van der Waals surface area (Å²) in [6.07, 6.45) is 6.44. The van der Waals surface area contributed by atoms with E-state index >= 15 is 0 Å². The molecule has 1 aromatic carbocycles. The predicted octanol–water partition coefficient (Wildman–Crippen LogP) is 2.61. The maximum Gasteiger partial charge on any atom is 0.257 e. The van der Waals surface area contributed by atoms with E-state index in [2.05, 4.69) is 28.3 Å². The number of hydrogen-bond donors (Lipinski definition) is 0. The monoisotopic (exact) mass is 433 g/mol. The number of fused-ring (bicyclic) bond motifs is 3. The zero-order valence-corrected chi connectivity index (χ0v) is 18.5. The summed E-state index contributed by atoms with van der Waals surface area (Å²) in [5.74, 6) is 0.367. The third-order valence-electron chi connectivity index (χ3n) is 6.16. The van der Waals surface area contributed by atoms with E-state index in [1.54, 1.807) is 22.8 Å². The second-order valence-corrected chi connectivity index (χ2v) is 8.36. The summed E-state index contributed by atoms with van der Waals surface area (Å²) in [5.41, 5.74) is 5.80. The third-order valence-corrected chi connectivity index (χ3v) is 6.16. The number of aromatic nitrogens is 4. The van der Waals surface area contributed by atoms with Crippen molar-refractivity contribution < 1.29 is 14.3 Å². The topological polar surface area (TPSA) is 82.4 Å². The number of carbonyl (C=O) groups excluding carboxylic acids is 1. The highest BCUT2D eigenvalue weighted by Gasteiger charge is 2.24. The summed E-state index contributed by atoms with van der Waals surface area (Å²) in [4.78, 5) is 24.2. The second-order valence-electron chi connectivity index (χ2n) is 8.36. The van der Waals surface area contributed by atoms with Gasteiger partial charge in [-0.25, -0.2) is 14.6 Å². The van der Waals surface area contributed by atoms with E-state index < -0.39 is 0 Å². The Hall–Kier alpha value is -3.10. The molecule has 1 fully saturated rings. The minimum Gasteiger partial charge on any atom is -0.376 e. The number of hydrogen-bond acceptors (Lipinski definition) is 6. The van der Waals surface area contributed by atoms with Gasteiger partial charge in [0.25, 0.3) is 11.9 Å². The van der Waals surface area contributed by atoms with Crippen LogP contribution in [-0.2, 0) is 22.3 Å².